The molecule has 3 aromatic rings. The Kier molecular flexibility index (Phi) is 4.05. The second-order valence-electron chi connectivity index (χ2n) is 5.00. The molecule has 12 heteroatoms. The highest BCUT2D eigenvalue weighted by Crippen LogP contribution is 2.38. The lowest BCUT2D eigenvalue weighted by atomic mass is 10.0. The summed E-state index contributed by atoms with van der Waals surface area (Å²) in [6.45, 7) is 0. The van der Waals surface area contributed by atoms with Crippen LogP contribution in [0.2, 0.25) is 0 Å². The molecule has 0 fully saturated rings. The molecule has 0 radical (unpaired) electrons. The zero-order valence-corrected chi connectivity index (χ0v) is 12.3. The number of halogens is 6. The first kappa shape index (κ1) is 17.6. The van der Waals surface area contributed by atoms with Crippen molar-refractivity contribution in [3.63, 3.8) is 0 Å². The van der Waals surface area contributed by atoms with E-state index in [1.54, 1.807) is 0 Å². The van der Waals surface area contributed by atoms with E-state index < -0.39 is 40.6 Å². The van der Waals surface area contributed by atoms with Crippen molar-refractivity contribution in [3.05, 3.63) is 52.1 Å². The number of rotatable bonds is 2. The van der Waals surface area contributed by atoms with Gasteiger partial charge in [-0.25, -0.2) is 14.8 Å². The van der Waals surface area contributed by atoms with Crippen LogP contribution in [-0.4, -0.2) is 20.1 Å². The lowest BCUT2D eigenvalue weighted by Gasteiger charge is -2.13. The highest BCUT2D eigenvalue weighted by Gasteiger charge is 2.37. The van der Waals surface area contributed by atoms with E-state index in [2.05, 4.69) is 24.6 Å². The number of H-pyrrole nitrogens is 1. The fraction of sp³-hybridized carbons (Fsp3) is 0.143. The Labute approximate surface area is 139 Å². The van der Waals surface area contributed by atoms with Gasteiger partial charge in [-0.05, 0) is 24.3 Å². The average molecular weight is 376 g/mol. The summed E-state index contributed by atoms with van der Waals surface area (Å²) >= 11 is 0. The lowest BCUT2D eigenvalue weighted by molar-refractivity contribution is -0.143. The number of nitrogens with zero attached hydrogens (tertiary/aromatic N) is 3. The summed E-state index contributed by atoms with van der Waals surface area (Å²) in [5, 5.41) is 3.34. The van der Waals surface area contributed by atoms with Gasteiger partial charge in [0.1, 0.15) is 5.69 Å². The predicted octanol–water partition coefficient (Wildman–Crippen LogP) is 3.52. The van der Waals surface area contributed by atoms with Crippen molar-refractivity contribution in [2.75, 3.05) is 0 Å². The summed E-state index contributed by atoms with van der Waals surface area (Å²) < 4.78 is 81.8. The van der Waals surface area contributed by atoms with Gasteiger partial charge >= 0.3 is 18.1 Å². The smallest absolute Gasteiger partial charge is 0.296 e. The topological polar surface area (TPSA) is 84.7 Å². The Bertz CT molecular complexity index is 973. The molecular formula is C14H6F6N4O2. The number of aromatic amines is 1. The monoisotopic (exact) mass is 376 g/mol. The third kappa shape index (κ3) is 3.58. The Hall–Kier alpha value is -3.18. The maximum Gasteiger partial charge on any atom is 0.439 e. The van der Waals surface area contributed by atoms with Crippen molar-refractivity contribution in [2.45, 2.75) is 12.4 Å². The van der Waals surface area contributed by atoms with Gasteiger partial charge < -0.3 is 0 Å². The van der Waals surface area contributed by atoms with Crippen LogP contribution >= 0.6 is 0 Å². The maximum absolute atomic E-state index is 12.9. The van der Waals surface area contributed by atoms with E-state index in [1.165, 1.54) is 6.07 Å². The molecular weight excluding hydrogens is 370 g/mol. The van der Waals surface area contributed by atoms with Gasteiger partial charge in [0.2, 0.25) is 5.82 Å². The fourth-order valence-electron chi connectivity index (χ4n) is 2.05. The molecule has 1 aromatic carbocycles. The highest BCUT2D eigenvalue weighted by molar-refractivity contribution is 5.61. The van der Waals surface area contributed by atoms with Crippen LogP contribution in [0.3, 0.4) is 0 Å². The molecule has 2 heterocycles. The molecule has 3 rings (SSSR count). The molecule has 0 saturated heterocycles. The largest absolute Gasteiger partial charge is 0.439 e. The van der Waals surface area contributed by atoms with Crippen molar-refractivity contribution in [1.82, 2.24) is 20.1 Å². The standard InChI is InChI=1S/C14H6F6N4O2/c15-13(16,17)7-3-6(4-8(5-7)14(18,19)20)10-21-2-1-9(22-10)11-23-12(25)26-24-11/h1-5H,(H,23,24,25). The number of aromatic nitrogens is 4. The van der Waals surface area contributed by atoms with E-state index >= 15 is 0 Å². The van der Waals surface area contributed by atoms with Crippen molar-refractivity contribution in [3.8, 4) is 22.9 Å². The average Bonchev–Trinajstić information content (AvgIpc) is 2.99. The van der Waals surface area contributed by atoms with Crippen molar-refractivity contribution in [1.29, 1.82) is 0 Å². The Morgan fingerprint density at radius 3 is 2.08 bits per heavy atom. The van der Waals surface area contributed by atoms with E-state index in [-0.39, 0.29) is 17.6 Å². The minimum absolute atomic E-state index is 0.00245. The molecule has 0 atom stereocenters. The van der Waals surface area contributed by atoms with E-state index in [0.29, 0.717) is 12.1 Å². The normalized spacial score (nSPS) is 12.4. The molecule has 26 heavy (non-hydrogen) atoms. The zero-order valence-electron chi connectivity index (χ0n) is 12.3. The van der Waals surface area contributed by atoms with Gasteiger partial charge in [0.25, 0.3) is 0 Å². The Balaban J connectivity index is 2.16. The van der Waals surface area contributed by atoms with Gasteiger partial charge in [0.15, 0.2) is 5.82 Å². The number of alkyl halides is 6. The van der Waals surface area contributed by atoms with E-state index in [0.717, 1.165) is 6.20 Å². The molecule has 0 unspecified atom stereocenters. The molecule has 0 spiro atoms. The third-order valence-corrected chi connectivity index (χ3v) is 3.18. The summed E-state index contributed by atoms with van der Waals surface area (Å²) in [4.78, 5) is 20.6. The first-order valence-electron chi connectivity index (χ1n) is 6.73. The summed E-state index contributed by atoms with van der Waals surface area (Å²) in [5.41, 5.74) is -3.54. The van der Waals surface area contributed by atoms with E-state index in [1.807, 2.05) is 0 Å². The minimum Gasteiger partial charge on any atom is -0.296 e. The van der Waals surface area contributed by atoms with Crippen molar-refractivity contribution >= 4 is 0 Å². The van der Waals surface area contributed by atoms with Crippen LogP contribution in [-0.2, 0) is 12.4 Å². The second-order valence-corrected chi connectivity index (χ2v) is 5.00. The van der Waals surface area contributed by atoms with Crippen LogP contribution in [0.5, 0.6) is 0 Å². The number of benzene rings is 1. The summed E-state index contributed by atoms with van der Waals surface area (Å²) in [6.07, 6.45) is -8.89. The number of nitrogens with one attached hydrogen (secondary N) is 1. The number of hydrogen-bond acceptors (Lipinski definition) is 5. The third-order valence-electron chi connectivity index (χ3n) is 3.18. The molecule has 2 aromatic heterocycles. The van der Waals surface area contributed by atoms with E-state index in [4.69, 9.17) is 0 Å². The molecule has 1 N–H and O–H groups in total. The first-order valence-corrected chi connectivity index (χ1v) is 6.73. The quantitative estimate of drug-likeness (QED) is 0.692. The lowest BCUT2D eigenvalue weighted by Crippen LogP contribution is -2.11. The number of hydrogen-bond donors (Lipinski definition) is 1. The molecule has 136 valence electrons. The van der Waals surface area contributed by atoms with Gasteiger partial charge in [0, 0.05) is 11.8 Å². The van der Waals surface area contributed by atoms with Gasteiger partial charge in [0.05, 0.1) is 11.1 Å². The van der Waals surface area contributed by atoms with Crippen LogP contribution in [0.1, 0.15) is 11.1 Å². The maximum atomic E-state index is 12.9. The Morgan fingerprint density at radius 1 is 0.962 bits per heavy atom. The predicted molar refractivity (Wildman–Crippen MR) is 73.6 cm³/mol. The van der Waals surface area contributed by atoms with Crippen LogP contribution in [0, 0.1) is 0 Å². The molecule has 0 aliphatic rings. The van der Waals surface area contributed by atoms with Crippen LogP contribution < -0.4 is 5.76 Å². The van der Waals surface area contributed by atoms with Gasteiger partial charge in [-0.2, -0.15) is 26.3 Å². The van der Waals surface area contributed by atoms with Crippen LogP contribution in [0.15, 0.2) is 39.8 Å². The second kappa shape index (κ2) is 5.97. The molecule has 0 aliphatic carbocycles. The van der Waals surface area contributed by atoms with Crippen LogP contribution in [0.4, 0.5) is 26.3 Å². The Morgan fingerprint density at radius 2 is 1.58 bits per heavy atom. The molecule has 0 amide bonds. The van der Waals surface area contributed by atoms with Crippen LogP contribution in [0.25, 0.3) is 22.9 Å². The summed E-state index contributed by atoms with van der Waals surface area (Å²) in [7, 11) is 0. The van der Waals surface area contributed by atoms with Gasteiger partial charge in [-0.3, -0.25) is 9.51 Å². The molecule has 0 bridgehead atoms. The fourth-order valence-corrected chi connectivity index (χ4v) is 2.05. The first-order chi connectivity index (χ1) is 12.0. The van der Waals surface area contributed by atoms with Gasteiger partial charge in [-0.15, -0.1) is 0 Å². The SMILES string of the molecule is O=c1[nH]c(-c2ccnc(-c3cc(C(F)(F)F)cc(C(F)(F)F)c3)n2)no1. The van der Waals surface area contributed by atoms with Crippen molar-refractivity contribution in [2.24, 2.45) is 0 Å². The molecule has 6 nitrogen and oxygen atoms in total. The minimum atomic E-state index is -5.00. The highest BCUT2D eigenvalue weighted by atomic mass is 19.4. The zero-order chi connectivity index (χ0) is 19.1. The molecule has 0 saturated carbocycles. The summed E-state index contributed by atoms with van der Waals surface area (Å²) in [5.74, 6) is -1.47. The van der Waals surface area contributed by atoms with E-state index in [9.17, 15) is 31.1 Å². The molecule has 0 aliphatic heterocycles. The van der Waals surface area contributed by atoms with Gasteiger partial charge in [-0.1, -0.05) is 5.16 Å². The van der Waals surface area contributed by atoms with Crippen molar-refractivity contribution < 1.29 is 30.9 Å². The summed E-state index contributed by atoms with van der Waals surface area (Å²) in [6, 6.07) is 2.25.